The van der Waals surface area contributed by atoms with Crippen LogP contribution in [0.15, 0.2) is 48.1 Å². The van der Waals surface area contributed by atoms with Gasteiger partial charge in [0.2, 0.25) is 0 Å². The van der Waals surface area contributed by atoms with E-state index < -0.39 is 29.7 Å². The first-order valence-electron chi connectivity index (χ1n) is 14.4. The number of carbonyl (C=O) groups excluding carboxylic acids is 3. The fourth-order valence-corrected chi connectivity index (χ4v) is 5.14. The topological polar surface area (TPSA) is 112 Å². The highest BCUT2D eigenvalue weighted by molar-refractivity contribution is 5.82. The maximum absolute atomic E-state index is 12.5. The van der Waals surface area contributed by atoms with Crippen LogP contribution in [-0.4, -0.2) is 59.1 Å². The van der Waals surface area contributed by atoms with E-state index in [1.54, 1.807) is 19.1 Å². The van der Waals surface area contributed by atoms with E-state index in [2.05, 4.69) is 19.9 Å². The van der Waals surface area contributed by atoms with Crippen LogP contribution in [0.4, 0.5) is 0 Å². The van der Waals surface area contributed by atoms with Crippen LogP contribution in [-0.2, 0) is 33.3 Å². The van der Waals surface area contributed by atoms with Gasteiger partial charge in [0.25, 0.3) is 0 Å². The zero-order chi connectivity index (χ0) is 30.0. The molecule has 9 unspecified atom stereocenters. The number of epoxide rings is 1. The monoisotopic (exact) mass is 560 g/mol. The van der Waals surface area contributed by atoms with Gasteiger partial charge in [-0.15, -0.1) is 0 Å². The largest absolute Gasteiger partial charge is 0.462 e. The Labute approximate surface area is 239 Å². The number of ether oxygens (including phenoxy) is 4. The summed E-state index contributed by atoms with van der Waals surface area (Å²) in [7, 11) is 0. The highest BCUT2D eigenvalue weighted by Crippen LogP contribution is 2.37. The zero-order valence-corrected chi connectivity index (χ0v) is 25.3. The average molecular weight is 561 g/mol. The van der Waals surface area contributed by atoms with Gasteiger partial charge in [-0.05, 0) is 57.1 Å². The van der Waals surface area contributed by atoms with E-state index in [0.717, 1.165) is 18.4 Å². The summed E-state index contributed by atoms with van der Waals surface area (Å²) in [5.74, 6) is -1.03. The fraction of sp³-hybridized carbons (Fsp3) is 0.656. The maximum Gasteiger partial charge on any atom is 0.331 e. The third-order valence-electron chi connectivity index (χ3n) is 7.58. The van der Waals surface area contributed by atoms with Gasteiger partial charge in [-0.3, -0.25) is 9.59 Å². The number of allylic oxidation sites excluding steroid dienone is 4. The summed E-state index contributed by atoms with van der Waals surface area (Å²) in [6, 6.07) is 0. The molecule has 2 heterocycles. The second-order valence-corrected chi connectivity index (χ2v) is 11.5. The summed E-state index contributed by atoms with van der Waals surface area (Å²) >= 11 is 0. The predicted molar refractivity (Wildman–Crippen MR) is 153 cm³/mol. The summed E-state index contributed by atoms with van der Waals surface area (Å²) in [5, 5.41) is 10.9. The van der Waals surface area contributed by atoms with Crippen molar-refractivity contribution in [3.05, 3.63) is 48.1 Å². The van der Waals surface area contributed by atoms with E-state index in [-0.39, 0.29) is 42.0 Å². The van der Waals surface area contributed by atoms with Crippen LogP contribution in [0.2, 0.25) is 0 Å². The molecule has 40 heavy (non-hydrogen) atoms. The fourth-order valence-electron chi connectivity index (χ4n) is 5.14. The van der Waals surface area contributed by atoms with Gasteiger partial charge in [0.05, 0.1) is 12.2 Å². The van der Waals surface area contributed by atoms with Crippen molar-refractivity contribution in [2.45, 2.75) is 117 Å². The third-order valence-corrected chi connectivity index (χ3v) is 7.58. The van der Waals surface area contributed by atoms with Crippen LogP contribution >= 0.6 is 0 Å². The normalized spacial score (nSPS) is 33.5. The van der Waals surface area contributed by atoms with Crippen LogP contribution in [0.5, 0.6) is 0 Å². The second-order valence-electron chi connectivity index (χ2n) is 11.5. The van der Waals surface area contributed by atoms with E-state index in [4.69, 9.17) is 18.9 Å². The summed E-state index contributed by atoms with van der Waals surface area (Å²) in [6.45, 7) is 14.4. The Kier molecular flexibility index (Phi) is 12.8. The number of aliphatic hydroxyl groups is 1. The molecule has 0 spiro atoms. The minimum Gasteiger partial charge on any atom is -0.462 e. The number of rotatable bonds is 10. The molecule has 0 aromatic heterocycles. The van der Waals surface area contributed by atoms with Crippen molar-refractivity contribution in [1.82, 2.24) is 0 Å². The van der Waals surface area contributed by atoms with Crippen molar-refractivity contribution >= 4 is 17.9 Å². The molecule has 0 saturated carbocycles. The SMILES string of the molecule is CCC(OC(C)=O)C(C)C1OC1CC(C)/C=C/C=C(\C)C1OC(=O)/C=C\CCC(C)(O)C(OC(C)=O)/C=C/C1C. The first kappa shape index (κ1) is 33.5. The van der Waals surface area contributed by atoms with Crippen LogP contribution in [0.1, 0.15) is 81.1 Å². The molecule has 0 aromatic rings. The van der Waals surface area contributed by atoms with Crippen LogP contribution < -0.4 is 0 Å². The molecule has 2 aliphatic rings. The molecule has 9 atom stereocenters. The summed E-state index contributed by atoms with van der Waals surface area (Å²) in [6.07, 6.45) is 13.6. The number of esters is 3. The van der Waals surface area contributed by atoms with Crippen molar-refractivity contribution in [3.8, 4) is 0 Å². The molecule has 1 N–H and O–H groups in total. The Balaban J connectivity index is 2.07. The lowest BCUT2D eigenvalue weighted by molar-refractivity contribution is -0.156. The number of hydrogen-bond donors (Lipinski definition) is 1. The van der Waals surface area contributed by atoms with Gasteiger partial charge in [-0.25, -0.2) is 4.79 Å². The zero-order valence-electron chi connectivity index (χ0n) is 25.3. The Morgan fingerprint density at radius 2 is 1.90 bits per heavy atom. The summed E-state index contributed by atoms with van der Waals surface area (Å²) in [5.41, 5.74) is -0.425. The molecule has 2 rings (SSSR count). The standard InChI is InChI=1S/C32H48O8/c1-9-26(37-24(6)33)23(5)31-27(39-31)19-20(2)13-12-14-21(3)30-22(4)16-17-28(38-25(7)34)32(8,36)18-11-10-15-29(35)40-30/h10,12-17,20,22-23,26-28,30-31,36H,9,11,18-19H2,1-8H3/b13-12+,15-10-,17-16+,21-14+. The molecule has 8 heteroatoms. The number of carbonyl (C=O) groups is 3. The molecule has 1 saturated heterocycles. The van der Waals surface area contributed by atoms with Gasteiger partial charge in [-0.1, -0.05) is 58.1 Å². The Hall–Kier alpha value is -2.71. The molecular formula is C32H48O8. The van der Waals surface area contributed by atoms with Gasteiger partial charge >= 0.3 is 17.9 Å². The molecule has 8 nitrogen and oxygen atoms in total. The lowest BCUT2D eigenvalue weighted by atomic mass is 9.90. The number of cyclic esters (lactones) is 1. The van der Waals surface area contributed by atoms with Gasteiger partial charge in [0, 0.05) is 31.8 Å². The average Bonchev–Trinajstić information content (AvgIpc) is 3.63. The Bertz CT molecular complexity index is 991. The lowest BCUT2D eigenvalue weighted by Gasteiger charge is -2.31. The number of hydrogen-bond acceptors (Lipinski definition) is 8. The van der Waals surface area contributed by atoms with Gasteiger partial charge in [0.15, 0.2) is 0 Å². The highest BCUT2D eigenvalue weighted by Gasteiger charge is 2.46. The van der Waals surface area contributed by atoms with E-state index in [0.29, 0.717) is 12.8 Å². The predicted octanol–water partition coefficient (Wildman–Crippen LogP) is 5.40. The third kappa shape index (κ3) is 10.7. The molecule has 2 aliphatic heterocycles. The van der Waals surface area contributed by atoms with Crippen LogP contribution in [0.25, 0.3) is 0 Å². The van der Waals surface area contributed by atoms with Crippen LogP contribution in [0.3, 0.4) is 0 Å². The van der Waals surface area contributed by atoms with Crippen molar-refractivity contribution < 1.29 is 38.4 Å². The molecule has 1 fully saturated rings. The first-order valence-corrected chi connectivity index (χ1v) is 14.4. The van der Waals surface area contributed by atoms with Crippen molar-refractivity contribution in [1.29, 1.82) is 0 Å². The van der Waals surface area contributed by atoms with Crippen molar-refractivity contribution in [3.63, 3.8) is 0 Å². The van der Waals surface area contributed by atoms with Crippen LogP contribution in [0, 0.1) is 17.8 Å². The van der Waals surface area contributed by atoms with Crippen molar-refractivity contribution in [2.75, 3.05) is 0 Å². The second kappa shape index (κ2) is 15.3. The summed E-state index contributed by atoms with van der Waals surface area (Å²) < 4.78 is 22.5. The molecule has 0 aliphatic carbocycles. The molecule has 224 valence electrons. The Morgan fingerprint density at radius 3 is 2.52 bits per heavy atom. The molecule has 0 aromatic carbocycles. The molecular weight excluding hydrogens is 512 g/mol. The molecule has 0 radical (unpaired) electrons. The quantitative estimate of drug-likeness (QED) is 0.124. The van der Waals surface area contributed by atoms with E-state index in [1.165, 1.54) is 19.9 Å². The van der Waals surface area contributed by atoms with Gasteiger partial charge in [-0.2, -0.15) is 0 Å². The minimum atomic E-state index is -1.28. The van der Waals surface area contributed by atoms with E-state index in [9.17, 15) is 19.5 Å². The summed E-state index contributed by atoms with van der Waals surface area (Å²) in [4.78, 5) is 35.5. The Morgan fingerprint density at radius 1 is 1.20 bits per heavy atom. The minimum absolute atomic E-state index is 0.0883. The molecule has 0 bridgehead atoms. The van der Waals surface area contributed by atoms with E-state index in [1.807, 2.05) is 39.0 Å². The van der Waals surface area contributed by atoms with Crippen molar-refractivity contribution in [2.24, 2.45) is 17.8 Å². The lowest BCUT2D eigenvalue weighted by Crippen LogP contribution is -2.41. The first-order chi connectivity index (χ1) is 18.7. The maximum atomic E-state index is 12.5. The van der Waals surface area contributed by atoms with Gasteiger partial charge < -0.3 is 24.1 Å². The molecule has 0 amide bonds. The smallest absolute Gasteiger partial charge is 0.331 e. The van der Waals surface area contributed by atoms with E-state index >= 15 is 0 Å². The van der Waals surface area contributed by atoms with Gasteiger partial charge in [0.1, 0.15) is 23.9 Å². The highest BCUT2D eigenvalue weighted by atomic mass is 16.6.